The molecular weight excluding hydrogens is 495 g/mol. The largest absolute Gasteiger partial charge is 0.497 e. The van der Waals surface area contributed by atoms with Crippen LogP contribution in [0.3, 0.4) is 0 Å². The number of rotatable bonds is 8. The molecule has 0 aliphatic heterocycles. The summed E-state index contributed by atoms with van der Waals surface area (Å²) in [6, 6.07) is 13.3. The van der Waals surface area contributed by atoms with Crippen molar-refractivity contribution in [2.45, 2.75) is 20.0 Å². The first-order chi connectivity index (χ1) is 14.0. The van der Waals surface area contributed by atoms with Crippen molar-refractivity contribution in [3.05, 3.63) is 59.2 Å². The molecule has 2 aromatic carbocycles. The van der Waals surface area contributed by atoms with Crippen molar-refractivity contribution in [2.24, 2.45) is 4.99 Å². The van der Waals surface area contributed by atoms with Gasteiger partial charge in [0.2, 0.25) is 0 Å². The molecule has 0 aliphatic carbocycles. The Kier molecular flexibility index (Phi) is 11.0. The molecule has 0 saturated carbocycles. The maximum Gasteiger partial charge on any atom is 0.251 e. The van der Waals surface area contributed by atoms with Crippen LogP contribution in [0.4, 0.5) is 0 Å². The summed E-state index contributed by atoms with van der Waals surface area (Å²) in [7, 11) is 7.00. The highest BCUT2D eigenvalue weighted by atomic mass is 127. The van der Waals surface area contributed by atoms with Gasteiger partial charge in [-0.3, -0.25) is 9.79 Å². The highest BCUT2D eigenvalue weighted by Crippen LogP contribution is 2.25. The molecule has 0 atom stereocenters. The Morgan fingerprint density at radius 3 is 2.33 bits per heavy atom. The molecule has 0 saturated heterocycles. The first-order valence-electron chi connectivity index (χ1n) is 9.52. The molecule has 0 bridgehead atoms. The molecule has 2 rings (SSSR count). The lowest BCUT2D eigenvalue weighted by Gasteiger charge is -2.23. The molecule has 0 radical (unpaired) electrons. The van der Waals surface area contributed by atoms with Crippen LogP contribution >= 0.6 is 24.0 Å². The number of amides is 1. The van der Waals surface area contributed by atoms with Gasteiger partial charge in [0.05, 0.1) is 14.2 Å². The Hall–Kier alpha value is -2.49. The smallest absolute Gasteiger partial charge is 0.251 e. The number of nitrogens with one attached hydrogen (secondary N) is 2. The molecule has 8 heteroatoms. The Labute approximate surface area is 195 Å². The predicted octanol–water partition coefficient (Wildman–Crippen LogP) is 3.28. The van der Waals surface area contributed by atoms with Gasteiger partial charge < -0.3 is 25.0 Å². The molecule has 0 fully saturated rings. The summed E-state index contributed by atoms with van der Waals surface area (Å²) in [5.41, 5.74) is 2.75. The van der Waals surface area contributed by atoms with Gasteiger partial charge in [-0.1, -0.05) is 12.1 Å². The van der Waals surface area contributed by atoms with Crippen molar-refractivity contribution < 1.29 is 14.3 Å². The summed E-state index contributed by atoms with van der Waals surface area (Å²) in [6.45, 7) is 3.75. The second-order valence-corrected chi connectivity index (χ2v) is 6.49. The zero-order valence-electron chi connectivity index (χ0n) is 18.2. The van der Waals surface area contributed by atoms with E-state index in [-0.39, 0.29) is 29.9 Å². The van der Waals surface area contributed by atoms with Crippen LogP contribution in [0.25, 0.3) is 0 Å². The van der Waals surface area contributed by atoms with E-state index in [0.29, 0.717) is 25.2 Å². The maximum atomic E-state index is 11.9. The molecule has 0 unspecified atom stereocenters. The van der Waals surface area contributed by atoms with Gasteiger partial charge in [0, 0.05) is 50.9 Å². The first-order valence-corrected chi connectivity index (χ1v) is 9.52. The Morgan fingerprint density at radius 2 is 1.77 bits per heavy atom. The Bertz CT molecular complexity index is 841. The fraction of sp³-hybridized carbons (Fsp3) is 0.364. The van der Waals surface area contributed by atoms with Crippen LogP contribution in [0.5, 0.6) is 11.5 Å². The molecule has 1 amide bonds. The fourth-order valence-corrected chi connectivity index (χ4v) is 2.92. The quantitative estimate of drug-likeness (QED) is 0.314. The van der Waals surface area contributed by atoms with Crippen molar-refractivity contribution >= 4 is 35.8 Å². The molecule has 164 valence electrons. The van der Waals surface area contributed by atoms with Crippen LogP contribution < -0.4 is 20.1 Å². The van der Waals surface area contributed by atoms with Crippen molar-refractivity contribution in [1.82, 2.24) is 15.5 Å². The summed E-state index contributed by atoms with van der Waals surface area (Å²) >= 11 is 0. The lowest BCUT2D eigenvalue weighted by atomic mass is 10.1. The van der Waals surface area contributed by atoms with E-state index >= 15 is 0 Å². The standard InChI is InChI=1S/C22H30N4O3.HI/c1-6-24-21(27)17-9-7-16(8-10-17)14-25-22(23-2)26(3)15-18-11-12-19(28-4)13-20(18)29-5;/h7-13H,6,14-15H2,1-5H3,(H,23,25)(H,24,27);1H. The highest BCUT2D eigenvalue weighted by molar-refractivity contribution is 14.0. The molecule has 7 nitrogen and oxygen atoms in total. The van der Waals surface area contributed by atoms with E-state index in [1.807, 2.05) is 61.3 Å². The third-order valence-corrected chi connectivity index (χ3v) is 4.48. The Balaban J connectivity index is 0.00000450. The zero-order chi connectivity index (χ0) is 21.2. The van der Waals surface area contributed by atoms with Crippen LogP contribution in [0, 0.1) is 0 Å². The summed E-state index contributed by atoms with van der Waals surface area (Å²) in [5, 5.41) is 6.15. The van der Waals surface area contributed by atoms with Crippen LogP contribution in [0.2, 0.25) is 0 Å². The fourth-order valence-electron chi connectivity index (χ4n) is 2.92. The molecule has 0 aromatic heterocycles. The lowest BCUT2D eigenvalue weighted by molar-refractivity contribution is 0.0956. The molecule has 0 heterocycles. The first kappa shape index (κ1) is 25.5. The van der Waals surface area contributed by atoms with E-state index in [2.05, 4.69) is 15.6 Å². The van der Waals surface area contributed by atoms with Gasteiger partial charge in [-0.05, 0) is 36.8 Å². The third-order valence-electron chi connectivity index (χ3n) is 4.48. The number of ether oxygens (including phenoxy) is 2. The average molecular weight is 526 g/mol. The van der Waals surface area contributed by atoms with Gasteiger partial charge in [0.25, 0.3) is 5.91 Å². The second kappa shape index (κ2) is 12.9. The minimum atomic E-state index is -0.0593. The number of carbonyl (C=O) groups is 1. The Morgan fingerprint density at radius 1 is 1.07 bits per heavy atom. The topological polar surface area (TPSA) is 75.2 Å². The minimum absolute atomic E-state index is 0. The lowest BCUT2D eigenvalue weighted by Crippen LogP contribution is -2.38. The zero-order valence-corrected chi connectivity index (χ0v) is 20.5. The maximum absolute atomic E-state index is 11.9. The minimum Gasteiger partial charge on any atom is -0.497 e. The van der Waals surface area contributed by atoms with E-state index < -0.39 is 0 Å². The third kappa shape index (κ3) is 7.08. The van der Waals surface area contributed by atoms with Gasteiger partial charge in [-0.2, -0.15) is 0 Å². The second-order valence-electron chi connectivity index (χ2n) is 6.49. The molecule has 2 aromatic rings. The van der Waals surface area contributed by atoms with E-state index in [0.717, 1.165) is 28.6 Å². The summed E-state index contributed by atoms with van der Waals surface area (Å²) in [4.78, 5) is 18.2. The number of methoxy groups -OCH3 is 2. The van der Waals surface area contributed by atoms with Crippen molar-refractivity contribution in [2.75, 3.05) is 34.9 Å². The molecular formula is C22H31IN4O3. The average Bonchev–Trinajstić information content (AvgIpc) is 2.75. The highest BCUT2D eigenvalue weighted by Gasteiger charge is 2.11. The predicted molar refractivity (Wildman–Crippen MR) is 131 cm³/mol. The van der Waals surface area contributed by atoms with E-state index in [1.165, 1.54) is 0 Å². The number of hydrogen-bond donors (Lipinski definition) is 2. The van der Waals surface area contributed by atoms with Crippen molar-refractivity contribution in [3.8, 4) is 11.5 Å². The number of carbonyl (C=O) groups excluding carboxylic acids is 1. The van der Waals surface area contributed by atoms with Crippen LogP contribution in [0.15, 0.2) is 47.5 Å². The number of benzene rings is 2. The van der Waals surface area contributed by atoms with Crippen LogP contribution in [-0.2, 0) is 13.1 Å². The van der Waals surface area contributed by atoms with Crippen molar-refractivity contribution in [3.63, 3.8) is 0 Å². The number of hydrogen-bond acceptors (Lipinski definition) is 4. The molecule has 0 spiro atoms. The van der Waals surface area contributed by atoms with Gasteiger partial charge in [0.1, 0.15) is 11.5 Å². The monoisotopic (exact) mass is 526 g/mol. The number of nitrogens with zero attached hydrogens (tertiary/aromatic N) is 2. The van der Waals surface area contributed by atoms with Crippen LogP contribution in [0.1, 0.15) is 28.4 Å². The number of aliphatic imine (C=N–C) groups is 1. The summed E-state index contributed by atoms with van der Waals surface area (Å²) in [6.07, 6.45) is 0. The number of guanidine groups is 1. The van der Waals surface area contributed by atoms with E-state index in [9.17, 15) is 4.79 Å². The summed E-state index contributed by atoms with van der Waals surface area (Å²) < 4.78 is 10.7. The van der Waals surface area contributed by atoms with Crippen LogP contribution in [-0.4, -0.2) is 51.6 Å². The van der Waals surface area contributed by atoms with E-state index in [1.54, 1.807) is 21.3 Å². The van der Waals surface area contributed by atoms with Gasteiger partial charge in [0.15, 0.2) is 5.96 Å². The van der Waals surface area contributed by atoms with Gasteiger partial charge in [-0.15, -0.1) is 24.0 Å². The molecule has 0 aliphatic rings. The normalized spacial score (nSPS) is 10.6. The number of halogens is 1. The van der Waals surface area contributed by atoms with Crippen molar-refractivity contribution in [1.29, 1.82) is 0 Å². The van der Waals surface area contributed by atoms with E-state index in [4.69, 9.17) is 9.47 Å². The SMILES string of the molecule is CCNC(=O)c1ccc(CNC(=NC)N(C)Cc2ccc(OC)cc2OC)cc1.I. The van der Waals surface area contributed by atoms with Gasteiger partial charge in [-0.25, -0.2) is 0 Å². The molecule has 30 heavy (non-hydrogen) atoms. The summed E-state index contributed by atoms with van der Waals surface area (Å²) in [5.74, 6) is 2.23. The molecule has 2 N–H and O–H groups in total. The van der Waals surface area contributed by atoms with Gasteiger partial charge >= 0.3 is 0 Å².